The lowest BCUT2D eigenvalue weighted by atomic mass is 10.1. The summed E-state index contributed by atoms with van der Waals surface area (Å²) in [5, 5.41) is 1.29. The lowest BCUT2D eigenvalue weighted by Crippen LogP contribution is -1.88. The van der Waals surface area contributed by atoms with Crippen LogP contribution in [0.3, 0.4) is 0 Å². The van der Waals surface area contributed by atoms with Crippen LogP contribution in [0.2, 0.25) is 5.15 Å². The van der Waals surface area contributed by atoms with E-state index < -0.39 is 0 Å². The summed E-state index contributed by atoms with van der Waals surface area (Å²) in [4.78, 5) is 8.41. The largest absolute Gasteiger partial charge is 0.256 e. The molecule has 0 N–H and O–H groups in total. The number of rotatable bonds is 1. The molecule has 88 valence electrons. The summed E-state index contributed by atoms with van der Waals surface area (Å²) < 4.78 is 13.2. The Bertz CT molecular complexity index is 728. The van der Waals surface area contributed by atoms with Crippen molar-refractivity contribution in [3.8, 4) is 11.3 Å². The van der Waals surface area contributed by atoms with Crippen molar-refractivity contribution in [2.24, 2.45) is 0 Å². The summed E-state index contributed by atoms with van der Waals surface area (Å²) >= 11 is 5.88. The predicted octanol–water partition coefficient (Wildman–Crippen LogP) is 4.09. The van der Waals surface area contributed by atoms with E-state index in [1.54, 1.807) is 18.3 Å². The average Bonchev–Trinajstić information content (AvgIpc) is 2.37. The standard InChI is InChI=1S/C14H8ClFN2/c15-14-3-1-2-12(18-14)11-6-7-17-13-8-9(16)4-5-10(11)13/h1-8H. The molecule has 2 nitrogen and oxygen atoms in total. The Morgan fingerprint density at radius 2 is 1.94 bits per heavy atom. The van der Waals surface area contributed by atoms with Crippen LogP contribution in [0.15, 0.2) is 48.7 Å². The molecule has 3 rings (SSSR count). The van der Waals surface area contributed by atoms with Crippen molar-refractivity contribution >= 4 is 22.5 Å². The summed E-state index contributed by atoms with van der Waals surface area (Å²) in [7, 11) is 0. The van der Waals surface area contributed by atoms with Gasteiger partial charge in [0, 0.05) is 23.2 Å². The molecule has 0 atom stereocenters. The number of fused-ring (bicyclic) bond motifs is 1. The van der Waals surface area contributed by atoms with Gasteiger partial charge in [-0.05, 0) is 30.3 Å². The zero-order valence-corrected chi connectivity index (χ0v) is 10.0. The Hall–Kier alpha value is -2.00. The van der Waals surface area contributed by atoms with Gasteiger partial charge in [-0.2, -0.15) is 0 Å². The van der Waals surface area contributed by atoms with E-state index >= 15 is 0 Å². The monoisotopic (exact) mass is 258 g/mol. The van der Waals surface area contributed by atoms with Crippen molar-refractivity contribution in [2.75, 3.05) is 0 Å². The molecular formula is C14H8ClFN2. The van der Waals surface area contributed by atoms with Crippen LogP contribution < -0.4 is 0 Å². The van der Waals surface area contributed by atoms with Crippen molar-refractivity contribution in [1.82, 2.24) is 9.97 Å². The molecule has 0 saturated carbocycles. The van der Waals surface area contributed by atoms with Crippen LogP contribution in [-0.2, 0) is 0 Å². The molecular weight excluding hydrogens is 251 g/mol. The minimum Gasteiger partial charge on any atom is -0.256 e. The molecule has 1 aromatic carbocycles. The number of halogens is 2. The third kappa shape index (κ3) is 1.93. The molecule has 0 spiro atoms. The zero-order chi connectivity index (χ0) is 12.5. The molecule has 0 bridgehead atoms. The third-order valence-corrected chi connectivity index (χ3v) is 2.91. The normalized spacial score (nSPS) is 10.8. The van der Waals surface area contributed by atoms with Gasteiger partial charge in [0.1, 0.15) is 11.0 Å². The topological polar surface area (TPSA) is 25.8 Å². The molecule has 3 aromatic rings. The SMILES string of the molecule is Fc1ccc2c(-c3cccc(Cl)n3)ccnc2c1. The van der Waals surface area contributed by atoms with Crippen molar-refractivity contribution < 1.29 is 4.39 Å². The van der Waals surface area contributed by atoms with Gasteiger partial charge in [-0.25, -0.2) is 9.37 Å². The maximum atomic E-state index is 13.2. The molecule has 4 heteroatoms. The van der Waals surface area contributed by atoms with E-state index in [1.165, 1.54) is 12.1 Å². The first kappa shape index (κ1) is 11.1. The first-order valence-electron chi connectivity index (χ1n) is 5.41. The summed E-state index contributed by atoms with van der Waals surface area (Å²) in [5.41, 5.74) is 2.25. The number of aromatic nitrogens is 2. The molecule has 0 aliphatic heterocycles. The van der Waals surface area contributed by atoms with Crippen molar-refractivity contribution in [3.63, 3.8) is 0 Å². The molecule has 0 unspecified atom stereocenters. The van der Waals surface area contributed by atoms with Crippen molar-refractivity contribution in [1.29, 1.82) is 0 Å². The van der Waals surface area contributed by atoms with Gasteiger partial charge in [-0.1, -0.05) is 17.7 Å². The van der Waals surface area contributed by atoms with Crippen LogP contribution in [0.4, 0.5) is 4.39 Å². The molecule has 0 amide bonds. The fraction of sp³-hybridized carbons (Fsp3) is 0. The van der Waals surface area contributed by atoms with Gasteiger partial charge in [-0.3, -0.25) is 4.98 Å². The Morgan fingerprint density at radius 3 is 2.78 bits per heavy atom. The van der Waals surface area contributed by atoms with Gasteiger partial charge in [0.25, 0.3) is 0 Å². The second-order valence-electron chi connectivity index (χ2n) is 3.87. The fourth-order valence-corrected chi connectivity index (χ4v) is 2.07. The van der Waals surface area contributed by atoms with Gasteiger partial charge in [-0.15, -0.1) is 0 Å². The van der Waals surface area contributed by atoms with Crippen molar-refractivity contribution in [3.05, 3.63) is 59.6 Å². The highest BCUT2D eigenvalue weighted by atomic mass is 35.5. The minimum absolute atomic E-state index is 0.300. The Balaban J connectivity index is 2.29. The van der Waals surface area contributed by atoms with Gasteiger partial charge >= 0.3 is 0 Å². The van der Waals surface area contributed by atoms with Crippen LogP contribution in [-0.4, -0.2) is 9.97 Å². The second-order valence-corrected chi connectivity index (χ2v) is 4.25. The van der Waals surface area contributed by atoms with Crippen LogP contribution >= 0.6 is 11.6 Å². The Kier molecular flexibility index (Phi) is 2.68. The van der Waals surface area contributed by atoms with Gasteiger partial charge in [0.05, 0.1) is 11.2 Å². The lowest BCUT2D eigenvalue weighted by molar-refractivity contribution is 0.629. The number of hydrogen-bond acceptors (Lipinski definition) is 2. The number of pyridine rings is 2. The van der Waals surface area contributed by atoms with Crippen LogP contribution in [0, 0.1) is 5.82 Å². The van der Waals surface area contributed by atoms with Crippen LogP contribution in [0.5, 0.6) is 0 Å². The van der Waals surface area contributed by atoms with E-state index in [1.807, 2.05) is 18.2 Å². The summed E-state index contributed by atoms with van der Waals surface area (Å²) in [6.07, 6.45) is 1.64. The molecule has 2 aromatic heterocycles. The third-order valence-electron chi connectivity index (χ3n) is 2.70. The molecule has 0 fully saturated rings. The van der Waals surface area contributed by atoms with E-state index in [0.717, 1.165) is 16.6 Å². The van der Waals surface area contributed by atoms with Gasteiger partial charge in [0.2, 0.25) is 0 Å². The number of hydrogen-bond donors (Lipinski definition) is 0. The lowest BCUT2D eigenvalue weighted by Gasteiger charge is -2.05. The molecule has 0 radical (unpaired) electrons. The van der Waals surface area contributed by atoms with Crippen LogP contribution in [0.1, 0.15) is 0 Å². The fourth-order valence-electron chi connectivity index (χ4n) is 1.90. The van der Waals surface area contributed by atoms with E-state index in [2.05, 4.69) is 9.97 Å². The van der Waals surface area contributed by atoms with Crippen LogP contribution in [0.25, 0.3) is 22.2 Å². The van der Waals surface area contributed by atoms with E-state index in [0.29, 0.717) is 10.7 Å². The Labute approximate surface area is 108 Å². The highest BCUT2D eigenvalue weighted by Crippen LogP contribution is 2.27. The highest BCUT2D eigenvalue weighted by Gasteiger charge is 2.06. The Morgan fingerprint density at radius 1 is 1.06 bits per heavy atom. The first-order chi connectivity index (χ1) is 8.74. The molecule has 0 saturated heterocycles. The maximum absolute atomic E-state index is 13.2. The van der Waals surface area contributed by atoms with Gasteiger partial charge in [0.15, 0.2) is 0 Å². The predicted molar refractivity (Wildman–Crippen MR) is 69.9 cm³/mol. The summed E-state index contributed by atoms with van der Waals surface area (Å²) in [6, 6.07) is 11.8. The molecule has 18 heavy (non-hydrogen) atoms. The summed E-state index contributed by atoms with van der Waals surface area (Å²) in [5.74, 6) is -0.300. The average molecular weight is 259 g/mol. The molecule has 0 aliphatic rings. The maximum Gasteiger partial charge on any atom is 0.129 e. The van der Waals surface area contributed by atoms with E-state index in [4.69, 9.17) is 11.6 Å². The van der Waals surface area contributed by atoms with Crippen molar-refractivity contribution in [2.45, 2.75) is 0 Å². The van der Waals surface area contributed by atoms with Gasteiger partial charge < -0.3 is 0 Å². The van der Waals surface area contributed by atoms with E-state index in [-0.39, 0.29) is 5.82 Å². The first-order valence-corrected chi connectivity index (χ1v) is 5.79. The quantitative estimate of drug-likeness (QED) is 0.615. The highest BCUT2D eigenvalue weighted by molar-refractivity contribution is 6.29. The van der Waals surface area contributed by atoms with E-state index in [9.17, 15) is 4.39 Å². The summed E-state index contributed by atoms with van der Waals surface area (Å²) in [6.45, 7) is 0. The number of benzene rings is 1. The number of nitrogens with zero attached hydrogens (tertiary/aromatic N) is 2. The zero-order valence-electron chi connectivity index (χ0n) is 9.27. The second kappa shape index (κ2) is 4.35. The smallest absolute Gasteiger partial charge is 0.129 e. The molecule has 2 heterocycles. The molecule has 0 aliphatic carbocycles. The minimum atomic E-state index is -0.300.